The lowest BCUT2D eigenvalue weighted by molar-refractivity contribution is 1.04. The van der Waals surface area contributed by atoms with Gasteiger partial charge < -0.3 is 14.9 Å². The van der Waals surface area contributed by atoms with Crippen LogP contribution in [0.1, 0.15) is 13.8 Å². The minimum atomic E-state index is 0.977. The molecule has 1 aromatic heterocycles. The fourth-order valence-corrected chi connectivity index (χ4v) is 1.86. The molecule has 0 aromatic carbocycles. The number of nitrogens with zero attached hydrogens (tertiary/aromatic N) is 1. The van der Waals surface area contributed by atoms with E-state index in [4.69, 9.17) is 0 Å². The first-order valence-electron chi connectivity index (χ1n) is 4.49. The Morgan fingerprint density at radius 3 is 3.00 bits per heavy atom. The Labute approximate surface area is 86.0 Å². The molecule has 0 aliphatic carbocycles. The lowest BCUT2D eigenvalue weighted by Crippen LogP contribution is -1.98. The molecule has 1 aromatic rings. The molecule has 14 heavy (non-hydrogen) atoms. The van der Waals surface area contributed by atoms with Gasteiger partial charge in [-0.2, -0.15) is 0 Å². The van der Waals surface area contributed by atoms with Gasteiger partial charge in [0.05, 0.1) is 5.44 Å². The number of aromatic nitrogens is 2. The van der Waals surface area contributed by atoms with Gasteiger partial charge in [-0.1, -0.05) is 12.7 Å². The Hall–Kier alpha value is -1.21. The number of hydrogen-bond donors (Lipinski definition) is 2. The quantitative estimate of drug-likeness (QED) is 0.737. The molecule has 0 saturated carbocycles. The number of H-pyrrole nitrogens is 1. The maximum Gasteiger partial charge on any atom is 0.143 e. The summed E-state index contributed by atoms with van der Waals surface area (Å²) in [6.45, 7) is 8.01. The number of aromatic amines is 1. The molecule has 0 spiro atoms. The van der Waals surface area contributed by atoms with E-state index >= 15 is 0 Å². The predicted octanol–water partition coefficient (Wildman–Crippen LogP) is 2.87. The normalized spacial score (nSPS) is 13.1. The van der Waals surface area contributed by atoms with Crippen LogP contribution < -0.4 is 5.32 Å². The molecule has 3 nitrogen and oxygen atoms in total. The largest absolute Gasteiger partial charge is 0.385 e. The van der Waals surface area contributed by atoms with Crippen LogP contribution in [-0.4, -0.2) is 16.6 Å². The Balaban J connectivity index is 3.17. The molecule has 1 heterocycles. The molecule has 0 saturated heterocycles. The standard InChI is InChI=1S/C10H16N3P/c1-5-8(2)13-7-6-12-10(13)14-9(3)11-4/h5-7,11-12H,3H2,1-2,4H3/b8-5+. The van der Waals surface area contributed by atoms with Crippen LogP contribution >= 0.6 is 8.20 Å². The minimum absolute atomic E-state index is 0.977. The summed E-state index contributed by atoms with van der Waals surface area (Å²) in [5, 5.41) is 4.14. The Morgan fingerprint density at radius 2 is 2.43 bits per heavy atom. The second kappa shape index (κ2) is 4.87. The molecule has 0 bridgehead atoms. The molecule has 0 aliphatic rings. The van der Waals surface area contributed by atoms with E-state index < -0.39 is 0 Å². The van der Waals surface area contributed by atoms with E-state index in [1.807, 2.05) is 26.4 Å². The lowest BCUT2D eigenvalue weighted by atomic mass is 10.4. The Kier molecular flexibility index (Phi) is 3.78. The molecule has 4 heteroatoms. The third-order valence-electron chi connectivity index (χ3n) is 1.99. The van der Waals surface area contributed by atoms with E-state index in [0.29, 0.717) is 0 Å². The van der Waals surface area contributed by atoms with Crippen molar-refractivity contribution in [2.75, 3.05) is 7.05 Å². The monoisotopic (exact) mass is 209 g/mol. The number of allylic oxidation sites excluding steroid dienone is 2. The first-order valence-corrected chi connectivity index (χ1v) is 5.39. The zero-order valence-electron chi connectivity index (χ0n) is 8.83. The van der Waals surface area contributed by atoms with E-state index in [9.17, 15) is 0 Å². The molecule has 76 valence electrons. The summed E-state index contributed by atoms with van der Waals surface area (Å²) in [5.41, 5.74) is 2.18. The fraction of sp³-hybridized carbons (Fsp3) is 0.300. The summed E-state index contributed by atoms with van der Waals surface area (Å²) in [4.78, 5) is 3.20. The van der Waals surface area contributed by atoms with Crippen molar-refractivity contribution < 1.29 is 0 Å². The van der Waals surface area contributed by atoms with Gasteiger partial charge in [0.15, 0.2) is 0 Å². The first kappa shape index (κ1) is 10.9. The fourth-order valence-electron chi connectivity index (χ4n) is 1.02. The molecule has 0 radical (unpaired) electrons. The summed E-state index contributed by atoms with van der Waals surface area (Å²) in [5.74, 6) is 0. The highest BCUT2D eigenvalue weighted by atomic mass is 31.1. The third-order valence-corrected chi connectivity index (χ3v) is 3.04. The van der Waals surface area contributed by atoms with Crippen LogP contribution in [0.25, 0.3) is 5.70 Å². The second-order valence-corrected chi connectivity index (χ2v) is 4.08. The van der Waals surface area contributed by atoms with Crippen molar-refractivity contribution >= 4 is 13.9 Å². The van der Waals surface area contributed by atoms with Crippen molar-refractivity contribution in [2.45, 2.75) is 13.8 Å². The molecule has 0 fully saturated rings. The number of rotatable bonds is 3. The van der Waals surface area contributed by atoms with E-state index in [1.54, 1.807) is 0 Å². The van der Waals surface area contributed by atoms with Crippen LogP contribution in [-0.2, 0) is 0 Å². The minimum Gasteiger partial charge on any atom is -0.385 e. The molecular formula is C10H16N3P. The molecule has 2 N–H and O–H groups in total. The lowest BCUT2D eigenvalue weighted by Gasteiger charge is -2.02. The van der Waals surface area contributed by atoms with Crippen LogP contribution in [0.2, 0.25) is 0 Å². The Bertz CT molecular complexity index is 409. The van der Waals surface area contributed by atoms with Gasteiger partial charge in [0, 0.05) is 25.1 Å². The van der Waals surface area contributed by atoms with Crippen molar-refractivity contribution in [3.8, 4) is 0 Å². The summed E-state index contributed by atoms with van der Waals surface area (Å²) < 4.78 is 2.12. The van der Waals surface area contributed by atoms with Gasteiger partial charge in [-0.05, 0) is 22.1 Å². The number of hydrogen-bond acceptors (Lipinski definition) is 1. The third kappa shape index (κ3) is 2.39. The topological polar surface area (TPSA) is 32.8 Å². The molecule has 0 unspecified atom stereocenters. The van der Waals surface area contributed by atoms with Crippen LogP contribution in [0.5, 0.6) is 0 Å². The predicted molar refractivity (Wildman–Crippen MR) is 62.8 cm³/mol. The SMILES string of the molecule is C=C(NC)/P=c1/[nH]ccn1/C(C)=C/C. The summed E-state index contributed by atoms with van der Waals surface area (Å²) in [6.07, 6.45) is 6.02. The smallest absolute Gasteiger partial charge is 0.143 e. The second-order valence-electron chi connectivity index (χ2n) is 2.89. The van der Waals surface area contributed by atoms with Crippen molar-refractivity contribution in [1.29, 1.82) is 0 Å². The average Bonchev–Trinajstić information content (AvgIpc) is 2.64. The van der Waals surface area contributed by atoms with Gasteiger partial charge in [0.2, 0.25) is 0 Å². The van der Waals surface area contributed by atoms with Crippen LogP contribution in [0.3, 0.4) is 0 Å². The molecule has 0 aliphatic heterocycles. The van der Waals surface area contributed by atoms with Gasteiger partial charge >= 0.3 is 0 Å². The van der Waals surface area contributed by atoms with E-state index in [0.717, 1.165) is 18.8 Å². The Morgan fingerprint density at radius 1 is 1.71 bits per heavy atom. The van der Waals surface area contributed by atoms with Crippen LogP contribution in [0.4, 0.5) is 0 Å². The van der Waals surface area contributed by atoms with E-state index in [-0.39, 0.29) is 0 Å². The highest BCUT2D eigenvalue weighted by Gasteiger charge is 1.94. The number of imidazole rings is 1. The maximum atomic E-state index is 3.90. The van der Waals surface area contributed by atoms with Crippen LogP contribution in [0, 0.1) is 5.20 Å². The summed E-state index contributed by atoms with van der Waals surface area (Å²) >= 11 is 0. The van der Waals surface area contributed by atoms with Gasteiger partial charge in [0.25, 0.3) is 0 Å². The summed E-state index contributed by atoms with van der Waals surface area (Å²) in [7, 11) is 2.95. The molecule has 0 amide bonds. The zero-order valence-corrected chi connectivity index (χ0v) is 9.73. The van der Waals surface area contributed by atoms with Crippen molar-refractivity contribution in [3.05, 3.63) is 35.7 Å². The number of nitrogens with one attached hydrogen (secondary N) is 2. The summed E-state index contributed by atoms with van der Waals surface area (Å²) in [6, 6.07) is 0. The average molecular weight is 209 g/mol. The maximum absolute atomic E-state index is 3.90. The van der Waals surface area contributed by atoms with Gasteiger partial charge in [0.1, 0.15) is 5.20 Å². The van der Waals surface area contributed by atoms with Crippen molar-refractivity contribution in [1.82, 2.24) is 14.9 Å². The van der Waals surface area contributed by atoms with Crippen LogP contribution in [0.15, 0.2) is 30.5 Å². The first-order chi connectivity index (χ1) is 6.69. The van der Waals surface area contributed by atoms with Gasteiger partial charge in [-0.25, -0.2) is 0 Å². The molecule has 0 atom stereocenters. The zero-order chi connectivity index (χ0) is 10.6. The highest BCUT2D eigenvalue weighted by Crippen LogP contribution is 2.14. The van der Waals surface area contributed by atoms with Crippen molar-refractivity contribution in [3.63, 3.8) is 0 Å². The highest BCUT2D eigenvalue weighted by molar-refractivity contribution is 7.34. The van der Waals surface area contributed by atoms with Gasteiger partial charge in [-0.3, -0.25) is 0 Å². The van der Waals surface area contributed by atoms with Crippen molar-refractivity contribution in [2.24, 2.45) is 0 Å². The van der Waals surface area contributed by atoms with Gasteiger partial charge in [-0.15, -0.1) is 0 Å². The van der Waals surface area contributed by atoms with E-state index in [1.165, 1.54) is 5.70 Å². The molecule has 1 rings (SSSR count). The van der Waals surface area contributed by atoms with E-state index in [2.05, 4.69) is 34.4 Å². The molecular weight excluding hydrogens is 193 g/mol.